The van der Waals surface area contributed by atoms with Crippen LogP contribution in [0.1, 0.15) is 44.1 Å². The Balaban J connectivity index is 1.88. The molecule has 0 amide bonds. The van der Waals surface area contributed by atoms with Crippen LogP contribution in [0.25, 0.3) is 0 Å². The Labute approximate surface area is 154 Å². The lowest BCUT2D eigenvalue weighted by Gasteiger charge is -2.40. The van der Waals surface area contributed by atoms with Crippen LogP contribution in [0.3, 0.4) is 0 Å². The molecular formula is C19H24N2O4S. The summed E-state index contributed by atoms with van der Waals surface area (Å²) in [5.41, 5.74) is 0.279. The first-order valence-corrected chi connectivity index (χ1v) is 10.6. The summed E-state index contributed by atoms with van der Waals surface area (Å²) in [7, 11) is -3.81. The number of carboxylic acid groups (broad SMARTS) is 1. The Hall–Kier alpha value is -1.91. The summed E-state index contributed by atoms with van der Waals surface area (Å²) in [6.45, 7) is 0.366. The van der Waals surface area contributed by atoms with Gasteiger partial charge < -0.3 is 5.11 Å². The molecule has 0 aromatic heterocycles. The number of nitriles is 1. The van der Waals surface area contributed by atoms with E-state index in [1.807, 2.05) is 6.07 Å². The summed E-state index contributed by atoms with van der Waals surface area (Å²) in [6, 6.07) is 7.88. The molecular weight excluding hydrogens is 352 g/mol. The molecule has 1 saturated carbocycles. The van der Waals surface area contributed by atoms with Gasteiger partial charge in [0.2, 0.25) is 10.0 Å². The highest BCUT2D eigenvalue weighted by Gasteiger charge is 2.40. The Kier molecular flexibility index (Phi) is 5.64. The highest BCUT2D eigenvalue weighted by molar-refractivity contribution is 7.89. The van der Waals surface area contributed by atoms with E-state index < -0.39 is 21.9 Å². The van der Waals surface area contributed by atoms with Gasteiger partial charge in [-0.25, -0.2) is 8.42 Å². The van der Waals surface area contributed by atoms with E-state index in [1.165, 1.54) is 22.9 Å². The van der Waals surface area contributed by atoms with Crippen LogP contribution in [0.15, 0.2) is 29.2 Å². The van der Waals surface area contributed by atoms with Crippen LogP contribution >= 0.6 is 0 Å². The molecule has 2 aliphatic rings. The van der Waals surface area contributed by atoms with Crippen molar-refractivity contribution in [2.75, 3.05) is 13.1 Å². The van der Waals surface area contributed by atoms with Gasteiger partial charge in [0.1, 0.15) is 0 Å². The van der Waals surface area contributed by atoms with Gasteiger partial charge in [-0.05, 0) is 36.5 Å². The first kappa shape index (κ1) is 18.9. The number of hydrogen-bond donors (Lipinski definition) is 1. The fraction of sp³-hybridized carbons (Fsp3) is 0.579. The quantitative estimate of drug-likeness (QED) is 0.871. The summed E-state index contributed by atoms with van der Waals surface area (Å²) >= 11 is 0. The van der Waals surface area contributed by atoms with Crippen molar-refractivity contribution in [2.45, 2.75) is 43.4 Å². The molecule has 1 aliphatic carbocycles. The largest absolute Gasteiger partial charge is 0.481 e. The first-order chi connectivity index (χ1) is 12.4. The first-order valence-electron chi connectivity index (χ1n) is 9.15. The molecule has 1 aromatic carbocycles. The van der Waals surface area contributed by atoms with Gasteiger partial charge in [-0.15, -0.1) is 0 Å². The molecule has 0 spiro atoms. The molecule has 1 aromatic rings. The van der Waals surface area contributed by atoms with Crippen LogP contribution in [0, 0.1) is 29.1 Å². The molecule has 1 heterocycles. The molecule has 7 heteroatoms. The SMILES string of the molecule is N#Cc1cccc(S(=O)(=O)N2CC(C3CCCCC3)C[C@H](C(=O)O)C2)c1. The topological polar surface area (TPSA) is 98.5 Å². The molecule has 26 heavy (non-hydrogen) atoms. The zero-order valence-corrected chi connectivity index (χ0v) is 15.5. The second-order valence-electron chi connectivity index (χ2n) is 7.39. The zero-order chi connectivity index (χ0) is 18.7. The van der Waals surface area contributed by atoms with E-state index in [-0.39, 0.29) is 22.9 Å². The molecule has 3 rings (SSSR count). The van der Waals surface area contributed by atoms with Gasteiger partial charge in [0.05, 0.1) is 22.4 Å². The minimum absolute atomic E-state index is 0.00231. The van der Waals surface area contributed by atoms with Crippen molar-refractivity contribution in [3.63, 3.8) is 0 Å². The number of carbonyl (C=O) groups is 1. The van der Waals surface area contributed by atoms with Crippen molar-refractivity contribution in [3.05, 3.63) is 29.8 Å². The van der Waals surface area contributed by atoms with Crippen molar-refractivity contribution < 1.29 is 18.3 Å². The molecule has 1 unspecified atom stereocenters. The number of piperidine rings is 1. The predicted octanol–water partition coefficient (Wildman–Crippen LogP) is 2.85. The maximum atomic E-state index is 13.1. The third-order valence-electron chi connectivity index (χ3n) is 5.72. The summed E-state index contributed by atoms with van der Waals surface area (Å²) < 4.78 is 27.5. The number of carboxylic acids is 1. The molecule has 2 atom stereocenters. The summed E-state index contributed by atoms with van der Waals surface area (Å²) in [5, 5.41) is 18.6. The lowest BCUT2D eigenvalue weighted by Crippen LogP contribution is -2.48. The lowest BCUT2D eigenvalue weighted by atomic mass is 9.75. The second-order valence-corrected chi connectivity index (χ2v) is 9.33. The van der Waals surface area contributed by atoms with Crippen molar-refractivity contribution in [1.29, 1.82) is 5.26 Å². The zero-order valence-electron chi connectivity index (χ0n) is 14.7. The molecule has 2 fully saturated rings. The molecule has 1 N–H and O–H groups in total. The average Bonchev–Trinajstić information content (AvgIpc) is 2.68. The summed E-state index contributed by atoms with van der Waals surface area (Å²) in [6.07, 6.45) is 6.12. The molecule has 0 radical (unpaired) electrons. The number of hydrogen-bond acceptors (Lipinski definition) is 4. The van der Waals surface area contributed by atoms with Crippen molar-refractivity contribution in [1.82, 2.24) is 4.31 Å². The van der Waals surface area contributed by atoms with Crippen molar-refractivity contribution in [2.24, 2.45) is 17.8 Å². The highest BCUT2D eigenvalue weighted by Crippen LogP contribution is 2.38. The van der Waals surface area contributed by atoms with Gasteiger partial charge in [-0.2, -0.15) is 9.57 Å². The fourth-order valence-corrected chi connectivity index (χ4v) is 5.88. The smallest absolute Gasteiger partial charge is 0.307 e. The van der Waals surface area contributed by atoms with Gasteiger partial charge in [-0.1, -0.05) is 38.2 Å². The van der Waals surface area contributed by atoms with E-state index in [4.69, 9.17) is 5.26 Å². The predicted molar refractivity (Wildman–Crippen MR) is 95.7 cm³/mol. The average molecular weight is 376 g/mol. The monoisotopic (exact) mass is 376 g/mol. The van der Waals surface area contributed by atoms with Gasteiger partial charge in [0, 0.05) is 13.1 Å². The minimum atomic E-state index is -3.81. The number of nitrogens with zero attached hydrogens (tertiary/aromatic N) is 2. The van der Waals surface area contributed by atoms with E-state index in [0.717, 1.165) is 25.7 Å². The molecule has 1 aliphatic heterocycles. The highest BCUT2D eigenvalue weighted by atomic mass is 32.2. The molecule has 140 valence electrons. The minimum Gasteiger partial charge on any atom is -0.481 e. The standard InChI is InChI=1S/C19H24N2O4S/c20-11-14-5-4-8-18(9-14)26(24,25)21-12-16(10-17(13-21)19(22)23)15-6-2-1-3-7-15/h4-5,8-9,15-17H,1-3,6-7,10,12-13H2,(H,22,23)/t16?,17-/m0/s1. The molecule has 1 saturated heterocycles. The number of sulfonamides is 1. The van der Waals surface area contributed by atoms with Gasteiger partial charge in [0.15, 0.2) is 0 Å². The Bertz CT molecular complexity index is 809. The van der Waals surface area contributed by atoms with E-state index in [1.54, 1.807) is 12.1 Å². The van der Waals surface area contributed by atoms with Crippen LogP contribution in [0.4, 0.5) is 0 Å². The van der Waals surface area contributed by atoms with E-state index in [9.17, 15) is 18.3 Å². The second kappa shape index (κ2) is 7.77. The van der Waals surface area contributed by atoms with Gasteiger partial charge >= 0.3 is 5.97 Å². The number of aliphatic carboxylic acids is 1. The third kappa shape index (κ3) is 3.92. The molecule has 6 nitrogen and oxygen atoms in total. The fourth-order valence-electron chi connectivity index (χ4n) is 4.29. The summed E-state index contributed by atoms with van der Waals surface area (Å²) in [5.74, 6) is -1.13. The van der Waals surface area contributed by atoms with E-state index in [2.05, 4.69) is 0 Å². The maximum Gasteiger partial charge on any atom is 0.307 e. The number of rotatable bonds is 4. The Morgan fingerprint density at radius 1 is 1.15 bits per heavy atom. The Morgan fingerprint density at radius 2 is 1.88 bits per heavy atom. The van der Waals surface area contributed by atoms with Crippen molar-refractivity contribution >= 4 is 16.0 Å². The van der Waals surface area contributed by atoms with Gasteiger partial charge in [-0.3, -0.25) is 4.79 Å². The van der Waals surface area contributed by atoms with Gasteiger partial charge in [0.25, 0.3) is 0 Å². The lowest BCUT2D eigenvalue weighted by molar-refractivity contribution is -0.144. The molecule has 0 bridgehead atoms. The normalized spacial score (nSPS) is 25.5. The van der Waals surface area contributed by atoms with E-state index >= 15 is 0 Å². The third-order valence-corrected chi connectivity index (χ3v) is 7.54. The van der Waals surface area contributed by atoms with Crippen LogP contribution in [0.2, 0.25) is 0 Å². The van der Waals surface area contributed by atoms with E-state index in [0.29, 0.717) is 18.9 Å². The van der Waals surface area contributed by atoms with Crippen LogP contribution < -0.4 is 0 Å². The van der Waals surface area contributed by atoms with Crippen LogP contribution in [0.5, 0.6) is 0 Å². The maximum absolute atomic E-state index is 13.1. The van der Waals surface area contributed by atoms with Crippen molar-refractivity contribution in [3.8, 4) is 6.07 Å². The van der Waals surface area contributed by atoms with Crippen LogP contribution in [-0.4, -0.2) is 36.9 Å². The Morgan fingerprint density at radius 3 is 2.54 bits per heavy atom. The number of benzene rings is 1. The summed E-state index contributed by atoms with van der Waals surface area (Å²) in [4.78, 5) is 11.7. The van der Waals surface area contributed by atoms with Crippen LogP contribution in [-0.2, 0) is 14.8 Å².